The maximum Gasteiger partial charge on any atom is 1.00 e. The number of fused-ring (bicyclic) bond motifs is 1. The molecule has 6 heteroatoms. The molecule has 1 aromatic heterocycles. The number of benzene rings is 4. The molecular formula is C49H73LiN2O3. The number of H-pyrrole nitrogens is 1. The van der Waals surface area contributed by atoms with Crippen molar-refractivity contribution < 1.29 is 28.4 Å². The molecule has 0 amide bonds. The van der Waals surface area contributed by atoms with Gasteiger partial charge in [-0.25, -0.2) is 4.85 Å². The maximum absolute atomic E-state index is 11.9. The molecule has 1 N–H and O–H groups in total. The number of unbranched alkanes of at least 4 members (excludes halogenated alkanes) is 1. The van der Waals surface area contributed by atoms with E-state index < -0.39 is 0 Å². The Morgan fingerprint density at radius 2 is 1.20 bits per heavy atom. The summed E-state index contributed by atoms with van der Waals surface area (Å²) in [6.45, 7) is 34.1. The fourth-order valence-electron chi connectivity index (χ4n) is 4.07. The summed E-state index contributed by atoms with van der Waals surface area (Å²) < 4.78 is 4.94. The van der Waals surface area contributed by atoms with E-state index in [1.807, 2.05) is 172 Å². The number of aryl methyl sites for hydroxylation is 1. The van der Waals surface area contributed by atoms with Crippen LogP contribution in [-0.4, -0.2) is 24.0 Å². The van der Waals surface area contributed by atoms with E-state index in [1.165, 1.54) is 19.3 Å². The van der Waals surface area contributed by atoms with Gasteiger partial charge in [-0.1, -0.05) is 186 Å². The molecule has 0 saturated carbocycles. The average molecular weight is 745 g/mol. The van der Waals surface area contributed by atoms with Crippen LogP contribution in [0.4, 0.5) is 5.69 Å². The van der Waals surface area contributed by atoms with Crippen molar-refractivity contribution in [1.29, 1.82) is 0 Å². The Morgan fingerprint density at radius 1 is 0.745 bits per heavy atom. The second kappa shape index (κ2) is 44.2. The summed E-state index contributed by atoms with van der Waals surface area (Å²) in [5, 5.41) is 1.70. The Morgan fingerprint density at radius 3 is 1.62 bits per heavy atom. The fraction of sp³-hybridized carbons (Fsp3) is 0.388. The smallest absolute Gasteiger partial charge is 0.381 e. The maximum atomic E-state index is 11.9. The van der Waals surface area contributed by atoms with Crippen LogP contribution in [0.3, 0.4) is 0 Å². The van der Waals surface area contributed by atoms with Crippen LogP contribution in [0.5, 0.6) is 0 Å². The first kappa shape index (κ1) is 60.1. The Kier molecular flexibility index (Phi) is 48.3. The molecule has 55 heavy (non-hydrogen) atoms. The van der Waals surface area contributed by atoms with Gasteiger partial charge in [0.15, 0.2) is 11.5 Å². The summed E-state index contributed by atoms with van der Waals surface area (Å²) in [6.07, 6.45) is 5.42. The third-order valence-electron chi connectivity index (χ3n) is 6.67. The number of nitrogens with one attached hydrogen (secondary N) is 1. The molecule has 6 rings (SSSR count). The van der Waals surface area contributed by atoms with Gasteiger partial charge < -0.3 is 16.6 Å². The standard InChI is InChI=1S/C15H11NO.C10H12O.C7H5N.C4H8O.C4H9.4C2H6.CH4.Li/c17-15-13-9-5-4-8-12(13)10-14(16-15)11-6-2-1-3-7-11;1-3-10(11)9-7-5-4-6-8(9)2;1-8-7-5-3-2-4-6-7;1-2-4-5-3-1;1-3-4-2;4*1-2;;/h1-10H,(H,16,17);4-7H,3H2,1-2H3;2-6H;1-4H2;1,3-4H2,2H3;4*1-2H3;1H4;/q;;;;-1;;;;;;+1. The molecule has 0 unspecified atom stereocenters. The molecule has 1 fully saturated rings. The third kappa shape index (κ3) is 28.0. The van der Waals surface area contributed by atoms with Crippen LogP contribution in [0.2, 0.25) is 0 Å². The number of pyridine rings is 1. The number of carbonyl (C=O) groups excluding carboxylic acids is 1. The molecule has 5 nitrogen and oxygen atoms in total. The monoisotopic (exact) mass is 745 g/mol. The summed E-state index contributed by atoms with van der Waals surface area (Å²) in [6, 6.07) is 36.3. The minimum atomic E-state index is -0.0399. The Hall–Kier alpha value is -4.19. The van der Waals surface area contributed by atoms with Crippen LogP contribution in [0, 0.1) is 20.4 Å². The number of hydrogen-bond donors (Lipinski definition) is 1. The van der Waals surface area contributed by atoms with Gasteiger partial charge >= 0.3 is 18.9 Å². The molecular weight excluding hydrogens is 671 g/mol. The van der Waals surface area contributed by atoms with E-state index in [0.717, 1.165) is 52.8 Å². The van der Waals surface area contributed by atoms with Crippen LogP contribution < -0.4 is 24.4 Å². The molecule has 5 aromatic rings. The van der Waals surface area contributed by atoms with Gasteiger partial charge in [-0.2, -0.15) is 6.42 Å². The average Bonchev–Trinajstić information content (AvgIpc) is 3.86. The molecule has 0 atom stereocenters. The number of carbonyl (C=O) groups is 1. The summed E-state index contributed by atoms with van der Waals surface area (Å²) in [4.78, 5) is 29.3. The van der Waals surface area contributed by atoms with Gasteiger partial charge in [-0.05, 0) is 48.4 Å². The zero-order chi connectivity index (χ0) is 40.7. The molecule has 0 bridgehead atoms. The van der Waals surface area contributed by atoms with Crippen molar-refractivity contribution in [3.63, 3.8) is 0 Å². The van der Waals surface area contributed by atoms with E-state index in [4.69, 9.17) is 11.3 Å². The number of nitrogens with zero attached hydrogens (tertiary/aromatic N) is 1. The van der Waals surface area contributed by atoms with Crippen molar-refractivity contribution in [3.8, 4) is 11.3 Å². The SMILES string of the molecule is C.C1CCOC1.CC.CC.CC.CC.CCC(=O)c1ccccc1C.O=c1[nH]c(-c2ccccc2)cc2ccccc12.[C-]#[N+]c1ccccc1.[CH2-]CCC.[Li+]. The van der Waals surface area contributed by atoms with E-state index in [1.54, 1.807) is 12.1 Å². The number of ether oxygens (including phenoxy) is 1. The molecule has 2 heterocycles. The largest absolute Gasteiger partial charge is 1.00 e. The molecule has 4 aromatic carbocycles. The molecule has 0 aliphatic carbocycles. The molecule has 298 valence electrons. The van der Waals surface area contributed by atoms with Gasteiger partial charge in [-0.3, -0.25) is 9.59 Å². The molecule has 1 saturated heterocycles. The van der Waals surface area contributed by atoms with Crippen molar-refractivity contribution in [2.75, 3.05) is 13.2 Å². The number of hydrogen-bond acceptors (Lipinski definition) is 3. The minimum absolute atomic E-state index is 0. The van der Waals surface area contributed by atoms with Crippen molar-refractivity contribution in [2.24, 2.45) is 0 Å². The second-order valence-electron chi connectivity index (χ2n) is 10.2. The zero-order valence-electron chi connectivity index (χ0n) is 35.8. The Bertz CT molecular complexity index is 1630. The Labute approximate surface area is 349 Å². The normalized spacial score (nSPS) is 9.51. The first-order chi connectivity index (χ1) is 25.9. The number of aromatic nitrogens is 1. The molecule has 0 spiro atoms. The number of ketones is 1. The molecule has 1 aliphatic rings. The van der Waals surface area contributed by atoms with Crippen molar-refractivity contribution in [1.82, 2.24) is 4.98 Å². The first-order valence-electron chi connectivity index (χ1n) is 19.5. The van der Waals surface area contributed by atoms with Gasteiger partial charge in [0.05, 0.1) is 6.57 Å². The summed E-state index contributed by atoms with van der Waals surface area (Å²) in [5.74, 6) is 0.225. The second-order valence-corrected chi connectivity index (χ2v) is 10.2. The number of rotatable bonds is 4. The quantitative estimate of drug-likeness (QED) is 0.113. The van der Waals surface area contributed by atoms with E-state index in [0.29, 0.717) is 12.1 Å². The fourth-order valence-corrected chi connectivity index (χ4v) is 4.07. The Balaban J connectivity index is -0.000000192. The van der Waals surface area contributed by atoms with Crippen LogP contribution >= 0.6 is 0 Å². The van der Waals surface area contributed by atoms with Gasteiger partial charge in [0.1, 0.15) is 0 Å². The number of para-hydroxylation sites is 1. The van der Waals surface area contributed by atoms with Crippen molar-refractivity contribution in [2.45, 2.75) is 116 Å². The predicted molar refractivity (Wildman–Crippen MR) is 241 cm³/mol. The van der Waals surface area contributed by atoms with Crippen LogP contribution in [-0.2, 0) is 4.74 Å². The van der Waals surface area contributed by atoms with Crippen molar-refractivity contribution >= 4 is 22.2 Å². The number of aromatic amines is 1. The van der Waals surface area contributed by atoms with Gasteiger partial charge in [0.2, 0.25) is 0 Å². The summed E-state index contributed by atoms with van der Waals surface area (Å²) >= 11 is 0. The van der Waals surface area contributed by atoms with Gasteiger partial charge in [-0.15, -0.1) is 0 Å². The van der Waals surface area contributed by atoms with E-state index in [9.17, 15) is 9.59 Å². The summed E-state index contributed by atoms with van der Waals surface area (Å²) in [5.41, 5.74) is 4.47. The van der Waals surface area contributed by atoms with Gasteiger partial charge in [0, 0.05) is 36.3 Å². The van der Waals surface area contributed by atoms with Gasteiger partial charge in [0.25, 0.3) is 5.56 Å². The molecule has 1 aliphatic heterocycles. The van der Waals surface area contributed by atoms with Crippen LogP contribution in [0.25, 0.3) is 26.9 Å². The predicted octanol–water partition coefficient (Wildman–Crippen LogP) is 12.2. The zero-order valence-corrected chi connectivity index (χ0v) is 35.8. The van der Waals surface area contributed by atoms with E-state index in [-0.39, 0.29) is 37.6 Å². The van der Waals surface area contributed by atoms with Crippen LogP contribution in [0.1, 0.15) is 125 Å². The minimum Gasteiger partial charge on any atom is -0.381 e. The first-order valence-corrected chi connectivity index (χ1v) is 19.5. The number of Topliss-reactive ketones (excluding diaryl/α,β-unsaturated/α-hetero) is 1. The van der Waals surface area contributed by atoms with Crippen molar-refractivity contribution in [3.05, 3.63) is 155 Å². The van der Waals surface area contributed by atoms with E-state index >= 15 is 0 Å². The topological polar surface area (TPSA) is 63.5 Å². The third-order valence-corrected chi connectivity index (χ3v) is 6.67. The van der Waals surface area contributed by atoms with E-state index in [2.05, 4.69) is 23.7 Å². The summed E-state index contributed by atoms with van der Waals surface area (Å²) in [7, 11) is 0. The van der Waals surface area contributed by atoms with Crippen LogP contribution in [0.15, 0.2) is 120 Å². The molecule has 0 radical (unpaired) electrons.